The lowest BCUT2D eigenvalue weighted by molar-refractivity contribution is -0.384. The van der Waals surface area contributed by atoms with E-state index >= 15 is 0 Å². The SMILES string of the molecule is C=CCN1C(=O)/C(=C\c2cc([N+](=O)[O-])ccc2OCc2ccccc2)SC1=S. The molecule has 28 heavy (non-hydrogen) atoms. The number of ether oxygens (including phenoxy) is 1. The molecule has 0 aromatic heterocycles. The van der Waals surface area contributed by atoms with E-state index in [1.807, 2.05) is 30.3 Å². The Balaban J connectivity index is 1.92. The number of thioether (sulfide) groups is 1. The smallest absolute Gasteiger partial charge is 0.270 e. The molecule has 0 bridgehead atoms. The zero-order chi connectivity index (χ0) is 20.1. The van der Waals surface area contributed by atoms with Crippen molar-refractivity contribution in [3.8, 4) is 5.75 Å². The molecular weight excluding hydrogens is 396 g/mol. The van der Waals surface area contributed by atoms with Crippen LogP contribution in [-0.4, -0.2) is 26.6 Å². The van der Waals surface area contributed by atoms with E-state index in [9.17, 15) is 14.9 Å². The van der Waals surface area contributed by atoms with E-state index in [4.69, 9.17) is 17.0 Å². The average Bonchev–Trinajstić information content (AvgIpc) is 2.95. The minimum Gasteiger partial charge on any atom is -0.488 e. The number of nitrogens with zero attached hydrogens (tertiary/aromatic N) is 2. The average molecular weight is 412 g/mol. The highest BCUT2D eigenvalue weighted by molar-refractivity contribution is 8.26. The zero-order valence-electron chi connectivity index (χ0n) is 14.7. The van der Waals surface area contributed by atoms with Crippen molar-refractivity contribution in [2.24, 2.45) is 0 Å². The maximum Gasteiger partial charge on any atom is 0.270 e. The van der Waals surface area contributed by atoms with Gasteiger partial charge in [0.15, 0.2) is 0 Å². The molecule has 0 aliphatic carbocycles. The number of hydrogen-bond donors (Lipinski definition) is 0. The zero-order valence-corrected chi connectivity index (χ0v) is 16.4. The van der Waals surface area contributed by atoms with E-state index in [2.05, 4.69) is 6.58 Å². The number of thiocarbonyl (C=S) groups is 1. The lowest BCUT2D eigenvalue weighted by atomic mass is 10.1. The summed E-state index contributed by atoms with van der Waals surface area (Å²) in [7, 11) is 0. The summed E-state index contributed by atoms with van der Waals surface area (Å²) in [5.74, 6) is 0.193. The van der Waals surface area contributed by atoms with Gasteiger partial charge in [0.2, 0.25) is 0 Å². The summed E-state index contributed by atoms with van der Waals surface area (Å²) in [4.78, 5) is 25.0. The van der Waals surface area contributed by atoms with Gasteiger partial charge in [-0.3, -0.25) is 19.8 Å². The first-order valence-electron chi connectivity index (χ1n) is 8.31. The van der Waals surface area contributed by atoms with Crippen molar-refractivity contribution < 1.29 is 14.5 Å². The van der Waals surface area contributed by atoms with Crippen LogP contribution in [0.15, 0.2) is 66.1 Å². The van der Waals surface area contributed by atoms with Gasteiger partial charge in [-0.2, -0.15) is 0 Å². The van der Waals surface area contributed by atoms with Gasteiger partial charge >= 0.3 is 0 Å². The van der Waals surface area contributed by atoms with Gasteiger partial charge in [0.05, 0.1) is 9.83 Å². The fourth-order valence-electron chi connectivity index (χ4n) is 2.56. The second-order valence-electron chi connectivity index (χ2n) is 5.83. The molecule has 6 nitrogen and oxygen atoms in total. The Kier molecular flexibility index (Phi) is 6.23. The fraction of sp³-hybridized carbons (Fsp3) is 0.100. The standard InChI is InChI=1S/C20H16N2O4S2/c1-2-10-21-19(23)18(28-20(21)27)12-15-11-16(22(24)25)8-9-17(15)26-13-14-6-4-3-5-7-14/h2-9,11-12H,1,10,13H2/b18-12+. The van der Waals surface area contributed by atoms with Crippen LogP contribution in [0.1, 0.15) is 11.1 Å². The summed E-state index contributed by atoms with van der Waals surface area (Å²) >= 11 is 6.38. The third kappa shape index (κ3) is 4.47. The van der Waals surface area contributed by atoms with Crippen LogP contribution in [0.2, 0.25) is 0 Å². The molecule has 3 rings (SSSR count). The lowest BCUT2D eigenvalue weighted by Crippen LogP contribution is -2.27. The van der Waals surface area contributed by atoms with Crippen LogP contribution in [-0.2, 0) is 11.4 Å². The molecule has 0 N–H and O–H groups in total. The van der Waals surface area contributed by atoms with Gasteiger partial charge in [-0.1, -0.05) is 60.4 Å². The van der Waals surface area contributed by atoms with Crippen LogP contribution in [0.3, 0.4) is 0 Å². The van der Waals surface area contributed by atoms with Crippen molar-refractivity contribution in [3.63, 3.8) is 0 Å². The molecule has 142 valence electrons. The Hall–Kier alpha value is -2.97. The largest absolute Gasteiger partial charge is 0.488 e. The first-order chi connectivity index (χ1) is 13.5. The van der Waals surface area contributed by atoms with Crippen molar-refractivity contribution in [2.45, 2.75) is 6.61 Å². The van der Waals surface area contributed by atoms with Gasteiger partial charge in [0.1, 0.15) is 16.7 Å². The monoisotopic (exact) mass is 412 g/mol. The van der Waals surface area contributed by atoms with Crippen LogP contribution in [0.25, 0.3) is 6.08 Å². The van der Waals surface area contributed by atoms with Crippen LogP contribution in [0, 0.1) is 10.1 Å². The molecule has 0 atom stereocenters. The first-order valence-corrected chi connectivity index (χ1v) is 9.53. The molecule has 1 saturated heterocycles. The molecule has 2 aromatic rings. The number of nitro benzene ring substituents is 1. The summed E-state index contributed by atoms with van der Waals surface area (Å²) in [5.41, 5.74) is 1.33. The summed E-state index contributed by atoms with van der Waals surface area (Å²) < 4.78 is 6.28. The van der Waals surface area contributed by atoms with E-state index in [-0.39, 0.29) is 11.6 Å². The predicted molar refractivity (Wildman–Crippen MR) is 114 cm³/mol. The molecule has 1 aliphatic heterocycles. The summed E-state index contributed by atoms with van der Waals surface area (Å²) in [6.45, 7) is 4.24. The summed E-state index contributed by atoms with van der Waals surface area (Å²) in [6, 6.07) is 13.9. The van der Waals surface area contributed by atoms with Gasteiger partial charge in [-0.05, 0) is 17.7 Å². The predicted octanol–water partition coefficient (Wildman–Crippen LogP) is 4.56. The minimum atomic E-state index is -0.485. The van der Waals surface area contributed by atoms with Crippen LogP contribution in [0.4, 0.5) is 5.69 Å². The number of benzene rings is 2. The lowest BCUT2D eigenvalue weighted by Gasteiger charge is -2.11. The normalized spacial score (nSPS) is 15.1. The Morgan fingerprint density at radius 2 is 2.00 bits per heavy atom. The van der Waals surface area contributed by atoms with Gasteiger partial charge in [-0.25, -0.2) is 0 Å². The third-order valence-electron chi connectivity index (χ3n) is 3.91. The molecule has 1 aliphatic rings. The molecule has 1 amide bonds. The molecule has 0 radical (unpaired) electrons. The number of rotatable bonds is 7. The molecule has 0 spiro atoms. The van der Waals surface area contributed by atoms with Gasteiger partial charge < -0.3 is 4.74 Å². The van der Waals surface area contributed by atoms with Crippen molar-refractivity contribution in [2.75, 3.05) is 6.54 Å². The Morgan fingerprint density at radius 1 is 1.25 bits per heavy atom. The van der Waals surface area contributed by atoms with E-state index in [1.54, 1.807) is 12.2 Å². The molecular formula is C20H16N2O4S2. The maximum absolute atomic E-state index is 12.5. The molecule has 2 aromatic carbocycles. The van der Waals surface area contributed by atoms with Crippen LogP contribution < -0.4 is 4.74 Å². The number of amides is 1. The second-order valence-corrected chi connectivity index (χ2v) is 7.51. The van der Waals surface area contributed by atoms with Crippen molar-refractivity contribution in [1.82, 2.24) is 4.90 Å². The maximum atomic E-state index is 12.5. The molecule has 0 saturated carbocycles. The van der Waals surface area contributed by atoms with Gasteiger partial charge in [0, 0.05) is 24.2 Å². The summed E-state index contributed by atoms with van der Waals surface area (Å²) in [5, 5.41) is 11.2. The Bertz CT molecular complexity index is 973. The molecule has 0 unspecified atom stereocenters. The van der Waals surface area contributed by atoms with E-state index < -0.39 is 4.92 Å². The second kappa shape index (κ2) is 8.81. The number of hydrogen-bond acceptors (Lipinski definition) is 6. The molecule has 1 fully saturated rings. The highest BCUT2D eigenvalue weighted by atomic mass is 32.2. The van der Waals surface area contributed by atoms with E-state index in [0.717, 1.165) is 17.3 Å². The topological polar surface area (TPSA) is 72.7 Å². The van der Waals surface area contributed by atoms with Gasteiger partial charge in [-0.15, -0.1) is 6.58 Å². The van der Waals surface area contributed by atoms with Crippen LogP contribution >= 0.6 is 24.0 Å². The van der Waals surface area contributed by atoms with E-state index in [0.29, 0.717) is 33.7 Å². The van der Waals surface area contributed by atoms with Crippen molar-refractivity contribution in [1.29, 1.82) is 0 Å². The first kappa shape index (κ1) is 19.8. The summed E-state index contributed by atoms with van der Waals surface area (Å²) in [6.07, 6.45) is 3.17. The van der Waals surface area contributed by atoms with Crippen molar-refractivity contribution >= 4 is 46.0 Å². The third-order valence-corrected chi connectivity index (χ3v) is 5.29. The highest BCUT2D eigenvalue weighted by Gasteiger charge is 2.31. The fourth-order valence-corrected chi connectivity index (χ4v) is 3.82. The number of carbonyl (C=O) groups is 1. The highest BCUT2D eigenvalue weighted by Crippen LogP contribution is 2.35. The number of carbonyl (C=O) groups excluding carboxylic acids is 1. The van der Waals surface area contributed by atoms with Gasteiger partial charge in [0.25, 0.3) is 11.6 Å². The minimum absolute atomic E-state index is 0.0834. The number of non-ortho nitro benzene ring substituents is 1. The molecule has 1 heterocycles. The van der Waals surface area contributed by atoms with E-state index in [1.165, 1.54) is 23.1 Å². The Labute approximate surface area is 171 Å². The Morgan fingerprint density at radius 3 is 2.68 bits per heavy atom. The molecule has 8 heteroatoms. The number of nitro groups is 1. The van der Waals surface area contributed by atoms with Crippen LogP contribution in [0.5, 0.6) is 5.75 Å². The van der Waals surface area contributed by atoms with Crippen molar-refractivity contribution in [3.05, 3.63) is 87.3 Å². The quantitative estimate of drug-likeness (QED) is 0.218.